The number of hydrogen-bond donors (Lipinski definition) is 1. The van der Waals surface area contributed by atoms with Crippen LogP contribution in [-0.4, -0.2) is 53.4 Å². The summed E-state index contributed by atoms with van der Waals surface area (Å²) >= 11 is 0. The van der Waals surface area contributed by atoms with Crippen LogP contribution in [0.25, 0.3) is 11.0 Å². The minimum Gasteiger partial charge on any atom is -0.321 e. The maximum atomic E-state index is 12.6. The van der Waals surface area contributed by atoms with Crippen molar-refractivity contribution in [1.82, 2.24) is 14.9 Å². The molecule has 1 saturated heterocycles. The first-order chi connectivity index (χ1) is 11.8. The lowest BCUT2D eigenvalue weighted by atomic mass is 10.2. The molecule has 8 heteroatoms. The van der Waals surface area contributed by atoms with Crippen LogP contribution in [0.5, 0.6) is 0 Å². The van der Waals surface area contributed by atoms with Crippen LogP contribution in [-0.2, 0) is 9.84 Å². The standard InChI is InChI=1S/C17H22N4O3S/c1-4-21(14-7-8-25(23,24)10-14)17(22)20-13-5-6-15-16(9-13)19-12(3)11(2)18-15/h5-6,9,14H,4,7-8,10H2,1-3H3,(H,20,22). The van der Waals surface area contributed by atoms with Gasteiger partial charge in [-0.25, -0.2) is 23.2 Å². The first kappa shape index (κ1) is 17.6. The van der Waals surface area contributed by atoms with Crippen molar-refractivity contribution in [1.29, 1.82) is 0 Å². The number of urea groups is 1. The van der Waals surface area contributed by atoms with Crippen molar-refractivity contribution in [2.45, 2.75) is 33.2 Å². The van der Waals surface area contributed by atoms with Gasteiger partial charge in [-0.2, -0.15) is 0 Å². The van der Waals surface area contributed by atoms with E-state index < -0.39 is 9.84 Å². The van der Waals surface area contributed by atoms with Gasteiger partial charge in [-0.1, -0.05) is 0 Å². The van der Waals surface area contributed by atoms with E-state index in [1.54, 1.807) is 17.0 Å². The number of amides is 2. The molecule has 0 bridgehead atoms. The molecule has 1 aromatic heterocycles. The molecule has 2 aromatic rings. The lowest BCUT2D eigenvalue weighted by Gasteiger charge is -2.27. The van der Waals surface area contributed by atoms with E-state index in [0.717, 1.165) is 16.9 Å². The molecule has 1 aliphatic heterocycles. The highest BCUT2D eigenvalue weighted by Crippen LogP contribution is 2.21. The molecule has 0 aliphatic carbocycles. The third-order valence-electron chi connectivity index (χ3n) is 4.58. The summed E-state index contributed by atoms with van der Waals surface area (Å²) in [6, 6.07) is 4.83. The van der Waals surface area contributed by atoms with Crippen LogP contribution in [0.15, 0.2) is 18.2 Å². The Balaban J connectivity index is 1.79. The van der Waals surface area contributed by atoms with Gasteiger partial charge in [0.05, 0.1) is 33.9 Å². The fourth-order valence-corrected chi connectivity index (χ4v) is 4.82. The number of aromatic nitrogens is 2. The summed E-state index contributed by atoms with van der Waals surface area (Å²) in [6.45, 7) is 6.11. The Morgan fingerprint density at radius 3 is 2.52 bits per heavy atom. The highest BCUT2D eigenvalue weighted by molar-refractivity contribution is 7.91. The van der Waals surface area contributed by atoms with E-state index in [1.807, 2.05) is 26.8 Å². The second-order valence-electron chi connectivity index (χ2n) is 6.37. The van der Waals surface area contributed by atoms with Gasteiger partial charge in [0, 0.05) is 18.3 Å². The van der Waals surface area contributed by atoms with Gasteiger partial charge in [-0.05, 0) is 45.4 Å². The maximum Gasteiger partial charge on any atom is 0.322 e. The van der Waals surface area contributed by atoms with Crippen LogP contribution < -0.4 is 5.32 Å². The molecule has 2 heterocycles. The zero-order valence-electron chi connectivity index (χ0n) is 14.6. The van der Waals surface area contributed by atoms with E-state index in [1.165, 1.54) is 0 Å². The van der Waals surface area contributed by atoms with Crippen LogP contribution in [0.1, 0.15) is 24.7 Å². The fourth-order valence-electron chi connectivity index (χ4n) is 3.09. The predicted octanol–water partition coefficient (Wildman–Crippen LogP) is 2.29. The first-order valence-corrected chi connectivity index (χ1v) is 10.1. The third-order valence-corrected chi connectivity index (χ3v) is 6.33. The summed E-state index contributed by atoms with van der Waals surface area (Å²) < 4.78 is 23.3. The molecule has 1 N–H and O–H groups in total. The number of carbonyl (C=O) groups excluding carboxylic acids is 1. The lowest BCUT2D eigenvalue weighted by molar-refractivity contribution is 0.197. The van der Waals surface area contributed by atoms with Crippen LogP contribution in [0.3, 0.4) is 0 Å². The number of sulfone groups is 1. The Morgan fingerprint density at radius 2 is 1.92 bits per heavy atom. The Morgan fingerprint density at radius 1 is 1.24 bits per heavy atom. The van der Waals surface area contributed by atoms with Gasteiger partial charge in [-0.3, -0.25) is 0 Å². The summed E-state index contributed by atoms with van der Waals surface area (Å²) in [7, 11) is -3.03. The van der Waals surface area contributed by atoms with Gasteiger partial charge in [-0.15, -0.1) is 0 Å². The van der Waals surface area contributed by atoms with Crippen molar-refractivity contribution in [2.75, 3.05) is 23.4 Å². The highest BCUT2D eigenvalue weighted by atomic mass is 32.2. The van der Waals surface area contributed by atoms with E-state index in [4.69, 9.17) is 0 Å². The van der Waals surface area contributed by atoms with Crippen LogP contribution in [0.4, 0.5) is 10.5 Å². The quantitative estimate of drug-likeness (QED) is 0.904. The molecule has 134 valence electrons. The summed E-state index contributed by atoms with van der Waals surface area (Å²) in [4.78, 5) is 23.1. The number of anilines is 1. The Hall–Kier alpha value is -2.22. The van der Waals surface area contributed by atoms with Crippen LogP contribution in [0.2, 0.25) is 0 Å². The largest absolute Gasteiger partial charge is 0.322 e. The second-order valence-corrected chi connectivity index (χ2v) is 8.60. The number of hydrogen-bond acceptors (Lipinski definition) is 5. The number of nitrogens with one attached hydrogen (secondary N) is 1. The molecule has 3 rings (SSSR count). The molecule has 0 spiro atoms. The third kappa shape index (κ3) is 3.73. The van der Waals surface area contributed by atoms with Crippen molar-refractivity contribution in [3.8, 4) is 0 Å². The maximum absolute atomic E-state index is 12.6. The molecule has 7 nitrogen and oxygen atoms in total. The molecule has 0 radical (unpaired) electrons. The van der Waals surface area contributed by atoms with Gasteiger partial charge in [0.1, 0.15) is 0 Å². The summed E-state index contributed by atoms with van der Waals surface area (Å²) in [5.41, 5.74) is 3.84. The topological polar surface area (TPSA) is 92.3 Å². The molecule has 25 heavy (non-hydrogen) atoms. The number of aryl methyl sites for hydroxylation is 2. The van der Waals surface area contributed by atoms with E-state index in [2.05, 4.69) is 15.3 Å². The van der Waals surface area contributed by atoms with Crippen molar-refractivity contribution in [3.63, 3.8) is 0 Å². The Labute approximate surface area is 147 Å². The molecular weight excluding hydrogens is 340 g/mol. The van der Waals surface area contributed by atoms with Gasteiger partial charge in [0.2, 0.25) is 0 Å². The Kier molecular flexibility index (Phi) is 4.64. The molecular formula is C17H22N4O3S. The summed E-state index contributed by atoms with van der Waals surface area (Å²) in [5.74, 6) is 0.182. The summed E-state index contributed by atoms with van der Waals surface area (Å²) in [6.07, 6.45) is 0.491. The van der Waals surface area contributed by atoms with Gasteiger partial charge in [0.25, 0.3) is 0 Å². The zero-order chi connectivity index (χ0) is 18.2. The van der Waals surface area contributed by atoms with Crippen molar-refractivity contribution >= 4 is 32.6 Å². The fraction of sp³-hybridized carbons (Fsp3) is 0.471. The predicted molar refractivity (Wildman–Crippen MR) is 97.5 cm³/mol. The van der Waals surface area contributed by atoms with Crippen LogP contribution in [0, 0.1) is 13.8 Å². The Bertz CT molecular complexity index is 927. The van der Waals surface area contributed by atoms with Crippen molar-refractivity contribution < 1.29 is 13.2 Å². The average Bonchev–Trinajstić information content (AvgIpc) is 2.89. The molecule has 1 atom stereocenters. The van der Waals surface area contributed by atoms with Crippen molar-refractivity contribution in [2.24, 2.45) is 0 Å². The number of nitrogens with zero attached hydrogens (tertiary/aromatic N) is 3. The molecule has 1 fully saturated rings. The van der Waals surface area contributed by atoms with Crippen molar-refractivity contribution in [3.05, 3.63) is 29.6 Å². The molecule has 1 aliphatic rings. The van der Waals surface area contributed by atoms with Gasteiger partial charge in [0.15, 0.2) is 9.84 Å². The number of fused-ring (bicyclic) bond motifs is 1. The molecule has 1 unspecified atom stereocenters. The molecule has 0 saturated carbocycles. The van der Waals surface area contributed by atoms with Crippen LogP contribution >= 0.6 is 0 Å². The minimum absolute atomic E-state index is 0.0376. The SMILES string of the molecule is CCN(C(=O)Nc1ccc2nc(C)c(C)nc2c1)C1CCS(=O)(=O)C1. The van der Waals surface area contributed by atoms with Gasteiger partial charge < -0.3 is 10.2 Å². The smallest absolute Gasteiger partial charge is 0.321 e. The minimum atomic E-state index is -3.03. The van der Waals surface area contributed by atoms with E-state index in [-0.39, 0.29) is 23.6 Å². The number of carbonyl (C=O) groups is 1. The first-order valence-electron chi connectivity index (χ1n) is 8.32. The highest BCUT2D eigenvalue weighted by Gasteiger charge is 2.33. The number of benzene rings is 1. The number of rotatable bonds is 3. The van der Waals surface area contributed by atoms with E-state index >= 15 is 0 Å². The van der Waals surface area contributed by atoms with Gasteiger partial charge >= 0.3 is 6.03 Å². The monoisotopic (exact) mass is 362 g/mol. The van der Waals surface area contributed by atoms with E-state index in [0.29, 0.717) is 24.2 Å². The van der Waals surface area contributed by atoms with E-state index in [9.17, 15) is 13.2 Å². The summed E-state index contributed by atoms with van der Waals surface area (Å²) in [5, 5.41) is 2.85. The molecule has 2 amide bonds. The molecule has 1 aromatic carbocycles. The second kappa shape index (κ2) is 6.59. The average molecular weight is 362 g/mol. The lowest BCUT2D eigenvalue weighted by Crippen LogP contribution is -2.43. The normalized spacial score (nSPS) is 19.1. The zero-order valence-corrected chi connectivity index (χ0v) is 15.4.